The van der Waals surface area contributed by atoms with E-state index in [1.165, 1.54) is 0 Å². The molecule has 2 aromatic carbocycles. The van der Waals surface area contributed by atoms with Gasteiger partial charge < -0.3 is 20.8 Å². The van der Waals surface area contributed by atoms with Gasteiger partial charge in [-0.25, -0.2) is 0 Å². The van der Waals surface area contributed by atoms with Crippen molar-refractivity contribution in [2.45, 2.75) is 53.4 Å². The number of carbonyl (C=O) groups excluding carboxylic acids is 1. The van der Waals surface area contributed by atoms with Gasteiger partial charge in [0, 0.05) is 59.5 Å². The molecule has 0 saturated heterocycles. The van der Waals surface area contributed by atoms with Crippen LogP contribution in [0.1, 0.15) is 61.0 Å². The van der Waals surface area contributed by atoms with E-state index in [4.69, 9.17) is 10.2 Å². The number of fused-ring (bicyclic) bond motifs is 2. The molecule has 1 heterocycles. The molecule has 0 fully saturated rings. The van der Waals surface area contributed by atoms with Gasteiger partial charge in [0.1, 0.15) is 11.3 Å². The minimum atomic E-state index is -0.0585. The number of nitrogens with two attached hydrogens (primary N) is 1. The zero-order chi connectivity index (χ0) is 27.1. The molecule has 6 heteroatoms. The highest BCUT2D eigenvalue weighted by Crippen LogP contribution is 2.42. The molecule has 38 heavy (non-hydrogen) atoms. The number of hydrogen-bond acceptors (Lipinski definition) is 5. The molecule has 4 N–H and O–H groups in total. The Balaban J connectivity index is 1.88. The van der Waals surface area contributed by atoms with E-state index in [1.807, 2.05) is 37.3 Å². The molecular formula is C32H40N4O2. The molecule has 0 spiro atoms. The van der Waals surface area contributed by atoms with Gasteiger partial charge in [0.15, 0.2) is 0 Å². The molecule has 1 amide bonds. The van der Waals surface area contributed by atoms with Gasteiger partial charge >= 0.3 is 0 Å². The first-order valence-electron chi connectivity index (χ1n) is 13.8. The predicted octanol–water partition coefficient (Wildman–Crippen LogP) is 6.42. The Hall–Kier alpha value is -3.64. The van der Waals surface area contributed by atoms with Crippen molar-refractivity contribution in [2.24, 2.45) is 10.7 Å². The summed E-state index contributed by atoms with van der Waals surface area (Å²) < 4.78 is 6.49. The van der Waals surface area contributed by atoms with Crippen molar-refractivity contribution >= 4 is 22.6 Å². The van der Waals surface area contributed by atoms with Crippen LogP contribution in [0.15, 0.2) is 57.9 Å². The largest absolute Gasteiger partial charge is 0.456 e. The second-order valence-electron chi connectivity index (χ2n) is 9.78. The number of nitrogens with zero attached hydrogens (tertiary/aromatic N) is 1. The summed E-state index contributed by atoms with van der Waals surface area (Å²) in [5.74, 6) is 0.698. The fraction of sp³-hybridized carbons (Fsp3) is 0.375. The highest BCUT2D eigenvalue weighted by Gasteiger charge is 2.22. The van der Waals surface area contributed by atoms with Gasteiger partial charge in [-0.2, -0.15) is 0 Å². The number of amides is 1. The Morgan fingerprint density at radius 2 is 1.74 bits per heavy atom. The van der Waals surface area contributed by atoms with Crippen molar-refractivity contribution in [3.63, 3.8) is 0 Å². The molecule has 0 aromatic heterocycles. The van der Waals surface area contributed by atoms with Crippen LogP contribution in [0.2, 0.25) is 0 Å². The third-order valence-corrected chi connectivity index (χ3v) is 6.94. The van der Waals surface area contributed by atoms with Crippen LogP contribution < -0.4 is 21.7 Å². The summed E-state index contributed by atoms with van der Waals surface area (Å²) in [6, 6.07) is 16.3. The third-order valence-electron chi connectivity index (χ3n) is 6.94. The number of unbranched alkanes of at least 4 members (excludes halogenated alkanes) is 3. The van der Waals surface area contributed by atoms with E-state index in [1.54, 1.807) is 0 Å². The van der Waals surface area contributed by atoms with Gasteiger partial charge in [0.2, 0.25) is 0 Å². The first kappa shape index (κ1) is 27.4. The lowest BCUT2D eigenvalue weighted by Crippen LogP contribution is -2.25. The highest BCUT2D eigenvalue weighted by molar-refractivity contribution is 6.09. The lowest BCUT2D eigenvalue weighted by molar-refractivity contribution is 0.0953. The van der Waals surface area contributed by atoms with E-state index in [-0.39, 0.29) is 5.91 Å². The van der Waals surface area contributed by atoms with Crippen LogP contribution in [0.4, 0.5) is 5.69 Å². The Morgan fingerprint density at radius 1 is 0.947 bits per heavy atom. The quantitative estimate of drug-likeness (QED) is 0.160. The van der Waals surface area contributed by atoms with Crippen molar-refractivity contribution in [1.29, 1.82) is 0 Å². The van der Waals surface area contributed by atoms with Crippen LogP contribution in [-0.2, 0) is 0 Å². The van der Waals surface area contributed by atoms with Crippen LogP contribution in [0.25, 0.3) is 33.4 Å². The number of aryl methyl sites for hydroxylation is 2. The maximum atomic E-state index is 13.4. The topological polar surface area (TPSA) is 92.6 Å². The highest BCUT2D eigenvalue weighted by atomic mass is 16.3. The molecule has 0 unspecified atom stereocenters. The Labute approximate surface area is 225 Å². The molecule has 1 aliphatic carbocycles. The van der Waals surface area contributed by atoms with E-state index in [2.05, 4.69) is 54.6 Å². The number of hydrogen-bond donors (Lipinski definition) is 3. The van der Waals surface area contributed by atoms with Crippen molar-refractivity contribution in [3.05, 3.63) is 70.6 Å². The second-order valence-corrected chi connectivity index (χ2v) is 9.78. The number of carbonyl (C=O) groups is 1. The van der Waals surface area contributed by atoms with Crippen molar-refractivity contribution in [1.82, 2.24) is 5.32 Å². The van der Waals surface area contributed by atoms with Crippen LogP contribution in [-0.4, -0.2) is 32.1 Å². The van der Waals surface area contributed by atoms with E-state index >= 15 is 0 Å². The summed E-state index contributed by atoms with van der Waals surface area (Å²) in [4.78, 5) is 18.1. The molecule has 1 aliphatic heterocycles. The van der Waals surface area contributed by atoms with Gasteiger partial charge in [-0.05, 0) is 82.0 Å². The Bertz CT molecular complexity index is 1450. The molecule has 0 radical (unpaired) electrons. The zero-order valence-corrected chi connectivity index (χ0v) is 23.1. The third kappa shape index (κ3) is 5.91. The fourth-order valence-corrected chi connectivity index (χ4v) is 5.02. The summed E-state index contributed by atoms with van der Waals surface area (Å²) in [6.45, 7) is 11.2. The Morgan fingerprint density at radius 3 is 2.50 bits per heavy atom. The lowest BCUT2D eigenvalue weighted by Gasteiger charge is -2.20. The lowest BCUT2D eigenvalue weighted by atomic mass is 9.89. The van der Waals surface area contributed by atoms with Crippen LogP contribution in [0.5, 0.6) is 0 Å². The molecule has 2 aromatic rings. The van der Waals surface area contributed by atoms with Gasteiger partial charge in [0.05, 0.1) is 5.36 Å². The minimum Gasteiger partial charge on any atom is -0.456 e. The summed E-state index contributed by atoms with van der Waals surface area (Å²) in [7, 11) is 0. The van der Waals surface area contributed by atoms with Gasteiger partial charge in [0.25, 0.3) is 5.91 Å². The van der Waals surface area contributed by atoms with Gasteiger partial charge in [-0.15, -0.1) is 0 Å². The van der Waals surface area contributed by atoms with Crippen LogP contribution in [0, 0.1) is 13.8 Å². The van der Waals surface area contributed by atoms with Crippen LogP contribution in [0.3, 0.4) is 0 Å². The number of nitrogens with one attached hydrogen (secondary N) is 2. The molecule has 0 atom stereocenters. The first-order valence-corrected chi connectivity index (χ1v) is 13.8. The minimum absolute atomic E-state index is 0.0585. The van der Waals surface area contributed by atoms with Crippen molar-refractivity contribution in [2.75, 3.05) is 31.5 Å². The van der Waals surface area contributed by atoms with Crippen LogP contribution >= 0.6 is 0 Å². The SMILES string of the molecule is CC/N=c1/cc2oc3cc(NCC)c(C)cc3c(-c3ccccc3C(=O)NCCCCCCN)c-2cc1C. The standard InChI is InChI=1S/C32H40N4O2/c1-5-34-27-19-29-25(17-21(27)3)31(26-18-22(4)28(35-6-2)20-30(26)38-29)23-13-9-10-14-24(23)32(37)36-16-12-8-7-11-15-33/h9-10,13-14,17-20,34H,5-8,11-12,15-16,33H2,1-4H3,(H,36,37)/b35-28-. The van der Waals surface area contributed by atoms with E-state index < -0.39 is 0 Å². The molecule has 200 valence electrons. The van der Waals surface area contributed by atoms with E-state index in [0.29, 0.717) is 25.2 Å². The maximum Gasteiger partial charge on any atom is 0.251 e. The van der Waals surface area contributed by atoms with E-state index in [0.717, 1.165) is 87.8 Å². The van der Waals surface area contributed by atoms with Gasteiger partial charge in [-0.1, -0.05) is 31.0 Å². The van der Waals surface area contributed by atoms with Crippen molar-refractivity contribution in [3.8, 4) is 22.5 Å². The summed E-state index contributed by atoms with van der Waals surface area (Å²) in [5, 5.41) is 8.48. The normalized spacial score (nSPS) is 11.9. The first-order chi connectivity index (χ1) is 18.5. The average molecular weight is 513 g/mol. The molecule has 0 bridgehead atoms. The molecule has 4 rings (SSSR count). The maximum absolute atomic E-state index is 13.4. The van der Waals surface area contributed by atoms with Gasteiger partial charge in [-0.3, -0.25) is 9.79 Å². The average Bonchev–Trinajstić information content (AvgIpc) is 2.91. The fourth-order valence-electron chi connectivity index (χ4n) is 5.02. The number of rotatable bonds is 11. The van der Waals surface area contributed by atoms with Crippen molar-refractivity contribution < 1.29 is 9.21 Å². The van der Waals surface area contributed by atoms with E-state index in [9.17, 15) is 4.79 Å². The summed E-state index contributed by atoms with van der Waals surface area (Å²) >= 11 is 0. The zero-order valence-electron chi connectivity index (χ0n) is 23.1. The number of anilines is 1. The predicted molar refractivity (Wildman–Crippen MR) is 158 cm³/mol. The molecule has 0 saturated carbocycles. The molecule has 2 aliphatic rings. The summed E-state index contributed by atoms with van der Waals surface area (Å²) in [6.07, 6.45) is 4.12. The molecule has 6 nitrogen and oxygen atoms in total. The number of benzene rings is 3. The Kier molecular flexibility index (Phi) is 9.19. The summed E-state index contributed by atoms with van der Waals surface area (Å²) in [5.41, 5.74) is 13.2. The smallest absolute Gasteiger partial charge is 0.251 e. The molecular weight excluding hydrogens is 472 g/mol. The monoisotopic (exact) mass is 512 g/mol. The second kappa shape index (κ2) is 12.7.